The summed E-state index contributed by atoms with van der Waals surface area (Å²) in [6.45, 7) is 4.56. The van der Waals surface area contributed by atoms with Gasteiger partial charge in [0.1, 0.15) is 0 Å². The van der Waals surface area contributed by atoms with Crippen LogP contribution in [0.1, 0.15) is 24.0 Å². The van der Waals surface area contributed by atoms with Gasteiger partial charge in [0.15, 0.2) is 0 Å². The van der Waals surface area contributed by atoms with E-state index in [2.05, 4.69) is 32.0 Å². The molecule has 0 aliphatic heterocycles. The Balaban J connectivity index is 2.20. The van der Waals surface area contributed by atoms with Crippen LogP contribution < -0.4 is 0 Å². The Morgan fingerprint density at radius 1 is 1.36 bits per heavy atom. The van der Waals surface area contributed by atoms with Crippen molar-refractivity contribution in [2.45, 2.75) is 36.3 Å². The quantitative estimate of drug-likeness (QED) is 0.824. The first-order valence-corrected chi connectivity index (χ1v) is 5.84. The highest BCUT2D eigenvalue weighted by atomic mass is 32.2. The molecule has 0 bridgehead atoms. The average Bonchev–Trinajstić information content (AvgIpc) is 2.92. The van der Waals surface area contributed by atoms with Gasteiger partial charge in [-0.05, 0) is 38.3 Å². The summed E-state index contributed by atoms with van der Waals surface area (Å²) in [4.78, 5) is 1.33. The molecule has 0 unspecified atom stereocenters. The zero-order valence-electron chi connectivity index (χ0n) is 8.71. The maximum absolute atomic E-state index is 9.26. The molecule has 2 rings (SSSR count). The van der Waals surface area contributed by atoms with Crippen LogP contribution in [0.3, 0.4) is 0 Å². The number of hydrogen-bond acceptors (Lipinski definition) is 2. The van der Waals surface area contributed by atoms with Crippen molar-refractivity contribution in [3.63, 3.8) is 0 Å². The van der Waals surface area contributed by atoms with Crippen LogP contribution in [0.15, 0.2) is 23.1 Å². The molecule has 1 aromatic rings. The molecule has 1 fully saturated rings. The Morgan fingerprint density at radius 2 is 2.07 bits per heavy atom. The standard InChI is InChI=1S/C12H16OS/c1-9-3-4-10(2)11(7-9)14-12(8-13)5-6-12/h3-4,7,13H,5-6,8H2,1-2H3. The summed E-state index contributed by atoms with van der Waals surface area (Å²) in [5, 5.41) is 9.26. The zero-order valence-corrected chi connectivity index (χ0v) is 9.53. The van der Waals surface area contributed by atoms with E-state index in [1.807, 2.05) is 11.8 Å². The molecule has 0 radical (unpaired) electrons. The Kier molecular flexibility index (Phi) is 2.58. The van der Waals surface area contributed by atoms with Crippen molar-refractivity contribution in [3.8, 4) is 0 Å². The topological polar surface area (TPSA) is 20.2 Å². The third-order valence-electron chi connectivity index (χ3n) is 2.77. The van der Waals surface area contributed by atoms with Gasteiger partial charge in [0.25, 0.3) is 0 Å². The Hall–Kier alpha value is -0.470. The van der Waals surface area contributed by atoms with Gasteiger partial charge in [0.2, 0.25) is 0 Å². The average molecular weight is 208 g/mol. The van der Waals surface area contributed by atoms with Crippen LogP contribution in [-0.4, -0.2) is 16.5 Å². The minimum atomic E-state index is 0.151. The number of hydrogen-bond donors (Lipinski definition) is 1. The summed E-state index contributed by atoms with van der Waals surface area (Å²) in [7, 11) is 0. The highest BCUT2D eigenvalue weighted by molar-refractivity contribution is 8.01. The molecule has 1 aliphatic rings. The van der Waals surface area contributed by atoms with E-state index >= 15 is 0 Å². The van der Waals surface area contributed by atoms with Crippen LogP contribution >= 0.6 is 11.8 Å². The zero-order chi connectivity index (χ0) is 10.2. The summed E-state index contributed by atoms with van der Waals surface area (Å²) in [5.41, 5.74) is 2.62. The first kappa shape index (κ1) is 10.1. The van der Waals surface area contributed by atoms with Crippen LogP contribution in [0, 0.1) is 13.8 Å². The van der Waals surface area contributed by atoms with Crippen molar-refractivity contribution >= 4 is 11.8 Å². The minimum absolute atomic E-state index is 0.151. The van der Waals surface area contributed by atoms with Crippen LogP contribution in [0.2, 0.25) is 0 Å². The predicted octanol–water partition coefficient (Wildman–Crippen LogP) is 2.92. The first-order chi connectivity index (χ1) is 6.65. The maximum Gasteiger partial charge on any atom is 0.0581 e. The van der Waals surface area contributed by atoms with Crippen molar-refractivity contribution in [2.24, 2.45) is 0 Å². The summed E-state index contributed by atoms with van der Waals surface area (Å²) in [5.74, 6) is 0. The van der Waals surface area contributed by atoms with Gasteiger partial charge in [-0.15, -0.1) is 11.8 Å². The molecule has 76 valence electrons. The molecule has 0 amide bonds. The molecule has 1 aliphatic carbocycles. The lowest BCUT2D eigenvalue weighted by Gasteiger charge is -2.13. The molecule has 1 nitrogen and oxygen atoms in total. The molecular formula is C12H16OS. The lowest BCUT2D eigenvalue weighted by molar-refractivity contribution is 0.289. The fourth-order valence-corrected chi connectivity index (χ4v) is 2.79. The van der Waals surface area contributed by atoms with Gasteiger partial charge in [0.05, 0.1) is 6.61 Å². The highest BCUT2D eigenvalue weighted by Gasteiger charge is 2.43. The van der Waals surface area contributed by atoms with E-state index < -0.39 is 0 Å². The molecule has 1 N–H and O–H groups in total. The number of aryl methyl sites for hydroxylation is 2. The molecule has 1 saturated carbocycles. The number of rotatable bonds is 3. The summed E-state index contributed by atoms with van der Waals surface area (Å²) in [6.07, 6.45) is 2.31. The largest absolute Gasteiger partial charge is 0.395 e. The number of benzene rings is 1. The molecule has 0 saturated heterocycles. The van der Waals surface area contributed by atoms with Gasteiger partial charge in [-0.1, -0.05) is 17.7 Å². The van der Waals surface area contributed by atoms with Crippen molar-refractivity contribution in [3.05, 3.63) is 29.3 Å². The fourth-order valence-electron chi connectivity index (χ4n) is 1.48. The van der Waals surface area contributed by atoms with Crippen molar-refractivity contribution in [2.75, 3.05) is 6.61 Å². The Bertz CT molecular complexity index is 342. The molecule has 1 aromatic carbocycles. The van der Waals surface area contributed by atoms with Gasteiger partial charge in [0, 0.05) is 9.64 Å². The summed E-state index contributed by atoms with van der Waals surface area (Å²) >= 11 is 1.85. The molecule has 14 heavy (non-hydrogen) atoms. The van der Waals surface area contributed by atoms with E-state index in [1.165, 1.54) is 16.0 Å². The van der Waals surface area contributed by atoms with E-state index in [4.69, 9.17) is 0 Å². The van der Waals surface area contributed by atoms with E-state index in [1.54, 1.807) is 0 Å². The van der Waals surface area contributed by atoms with Gasteiger partial charge in [-0.25, -0.2) is 0 Å². The van der Waals surface area contributed by atoms with E-state index in [9.17, 15) is 5.11 Å². The van der Waals surface area contributed by atoms with Gasteiger partial charge >= 0.3 is 0 Å². The van der Waals surface area contributed by atoms with Crippen LogP contribution in [0.4, 0.5) is 0 Å². The number of aliphatic hydroxyl groups excluding tert-OH is 1. The normalized spacial score (nSPS) is 18.2. The lowest BCUT2D eigenvalue weighted by Crippen LogP contribution is -2.08. The SMILES string of the molecule is Cc1ccc(C)c(SC2(CO)CC2)c1. The van der Waals surface area contributed by atoms with Crippen LogP contribution in [-0.2, 0) is 0 Å². The van der Waals surface area contributed by atoms with E-state index in [0.717, 1.165) is 12.8 Å². The second-order valence-electron chi connectivity index (χ2n) is 4.21. The smallest absolute Gasteiger partial charge is 0.0581 e. The van der Waals surface area contributed by atoms with Gasteiger partial charge in [-0.3, -0.25) is 0 Å². The predicted molar refractivity (Wildman–Crippen MR) is 60.8 cm³/mol. The van der Waals surface area contributed by atoms with Crippen molar-refractivity contribution < 1.29 is 5.11 Å². The molecular weight excluding hydrogens is 192 g/mol. The monoisotopic (exact) mass is 208 g/mol. The van der Waals surface area contributed by atoms with E-state index in [0.29, 0.717) is 6.61 Å². The first-order valence-electron chi connectivity index (χ1n) is 5.02. The lowest BCUT2D eigenvalue weighted by atomic mass is 10.2. The molecule has 2 heteroatoms. The Labute approximate surface area is 89.5 Å². The minimum Gasteiger partial charge on any atom is -0.395 e. The Morgan fingerprint density at radius 3 is 2.64 bits per heavy atom. The second kappa shape index (κ2) is 3.59. The summed E-state index contributed by atoms with van der Waals surface area (Å²) in [6, 6.07) is 6.51. The van der Waals surface area contributed by atoms with Gasteiger partial charge in [-0.2, -0.15) is 0 Å². The third kappa shape index (κ3) is 1.96. The van der Waals surface area contributed by atoms with Crippen molar-refractivity contribution in [1.29, 1.82) is 0 Å². The highest BCUT2D eigenvalue weighted by Crippen LogP contribution is 2.51. The van der Waals surface area contributed by atoms with Crippen LogP contribution in [0.5, 0.6) is 0 Å². The van der Waals surface area contributed by atoms with Gasteiger partial charge < -0.3 is 5.11 Å². The van der Waals surface area contributed by atoms with E-state index in [-0.39, 0.29) is 4.75 Å². The van der Waals surface area contributed by atoms with Crippen LogP contribution in [0.25, 0.3) is 0 Å². The molecule has 0 heterocycles. The summed E-state index contributed by atoms with van der Waals surface area (Å²) < 4.78 is 0.151. The maximum atomic E-state index is 9.26. The number of thioether (sulfide) groups is 1. The number of aliphatic hydroxyl groups is 1. The molecule has 0 spiro atoms. The molecule has 0 atom stereocenters. The van der Waals surface area contributed by atoms with Crippen molar-refractivity contribution in [1.82, 2.24) is 0 Å². The second-order valence-corrected chi connectivity index (χ2v) is 5.72. The fraction of sp³-hybridized carbons (Fsp3) is 0.500. The molecule has 0 aromatic heterocycles. The third-order valence-corrected chi connectivity index (χ3v) is 4.40.